The number of aromatic nitrogens is 3. The van der Waals surface area contributed by atoms with Crippen LogP contribution in [0.25, 0.3) is 115 Å². The molecule has 0 amide bonds. The summed E-state index contributed by atoms with van der Waals surface area (Å²) in [6.45, 7) is 0. The Hall–Kier alpha value is -7.88. The van der Waals surface area contributed by atoms with E-state index in [2.05, 4.69) is 226 Å². The number of para-hydroxylation sites is 4. The highest BCUT2D eigenvalue weighted by atomic mass is 15.0. The standard InChI is InChI=1S/C56H35N3/c1-2-17-40(18-3-1)57-50-23-11-9-21-45(50)48-35-42(29-31-54(48)57)59-52-25-13-10-22-46(52)49-33-38-16-6-7-19-43(38)55(56(49)59)39-27-30-53-47(34-39)44-20-8-12-24-51(44)58(53)41-28-26-36-14-4-5-15-37(36)32-41/h1-35H. The molecule has 13 aromatic rings. The van der Waals surface area contributed by atoms with E-state index in [0.29, 0.717) is 0 Å². The lowest BCUT2D eigenvalue weighted by molar-refractivity contribution is 1.17. The van der Waals surface area contributed by atoms with Crippen molar-refractivity contribution in [2.45, 2.75) is 0 Å². The highest BCUT2D eigenvalue weighted by molar-refractivity contribution is 6.22. The Kier molecular flexibility index (Phi) is 6.72. The molecule has 0 saturated carbocycles. The molecule has 0 aliphatic carbocycles. The predicted octanol–water partition coefficient (Wildman–Crippen LogP) is 15.0. The molecule has 3 heteroatoms. The Morgan fingerprint density at radius 1 is 0.237 bits per heavy atom. The second-order valence-electron chi connectivity index (χ2n) is 15.7. The number of benzene rings is 10. The first-order valence-electron chi connectivity index (χ1n) is 20.4. The molecule has 10 aromatic carbocycles. The zero-order chi connectivity index (χ0) is 38.6. The van der Waals surface area contributed by atoms with Gasteiger partial charge in [-0.2, -0.15) is 0 Å². The van der Waals surface area contributed by atoms with Crippen LogP contribution in [0.5, 0.6) is 0 Å². The predicted molar refractivity (Wildman–Crippen MR) is 250 cm³/mol. The SMILES string of the molecule is c1ccc(-n2c3ccccc3c3cc(-n4c5ccccc5c5cc6ccccc6c(-c6ccc7c(c6)c6ccccc6n7-c6ccc7ccccc7c6)c54)ccc32)cc1. The Morgan fingerprint density at radius 2 is 0.729 bits per heavy atom. The summed E-state index contributed by atoms with van der Waals surface area (Å²) in [4.78, 5) is 0. The molecule has 59 heavy (non-hydrogen) atoms. The minimum Gasteiger partial charge on any atom is -0.309 e. The largest absolute Gasteiger partial charge is 0.309 e. The Morgan fingerprint density at radius 3 is 1.46 bits per heavy atom. The van der Waals surface area contributed by atoms with Crippen molar-refractivity contribution in [2.24, 2.45) is 0 Å². The highest BCUT2D eigenvalue weighted by Gasteiger charge is 2.22. The number of nitrogens with zero attached hydrogens (tertiary/aromatic N) is 3. The van der Waals surface area contributed by atoms with Crippen LogP contribution in [0.3, 0.4) is 0 Å². The van der Waals surface area contributed by atoms with E-state index in [9.17, 15) is 0 Å². The average molecular weight is 750 g/mol. The maximum absolute atomic E-state index is 2.52. The van der Waals surface area contributed by atoms with Gasteiger partial charge in [-0.1, -0.05) is 133 Å². The fourth-order valence-electron chi connectivity index (χ4n) is 10.0. The molecule has 274 valence electrons. The Labute approximate surface area is 339 Å². The van der Waals surface area contributed by atoms with Gasteiger partial charge in [-0.3, -0.25) is 0 Å². The summed E-state index contributed by atoms with van der Waals surface area (Å²) in [5.41, 5.74) is 13.1. The summed E-state index contributed by atoms with van der Waals surface area (Å²) in [5.74, 6) is 0. The smallest absolute Gasteiger partial charge is 0.0625 e. The number of hydrogen-bond acceptors (Lipinski definition) is 0. The van der Waals surface area contributed by atoms with E-state index >= 15 is 0 Å². The number of fused-ring (bicyclic) bond motifs is 11. The van der Waals surface area contributed by atoms with E-state index in [0.717, 1.165) is 11.4 Å². The molecule has 0 saturated heterocycles. The molecule has 0 radical (unpaired) electrons. The molecular formula is C56H35N3. The van der Waals surface area contributed by atoms with Gasteiger partial charge in [0.1, 0.15) is 0 Å². The van der Waals surface area contributed by atoms with E-state index in [-0.39, 0.29) is 0 Å². The van der Waals surface area contributed by atoms with Crippen LogP contribution in [0.1, 0.15) is 0 Å². The van der Waals surface area contributed by atoms with Crippen molar-refractivity contribution in [1.29, 1.82) is 0 Å². The zero-order valence-electron chi connectivity index (χ0n) is 32.0. The molecule has 0 atom stereocenters. The summed E-state index contributed by atoms with van der Waals surface area (Å²) < 4.78 is 7.34. The van der Waals surface area contributed by atoms with Gasteiger partial charge in [0.2, 0.25) is 0 Å². The van der Waals surface area contributed by atoms with Crippen molar-refractivity contribution in [1.82, 2.24) is 13.7 Å². The monoisotopic (exact) mass is 749 g/mol. The summed E-state index contributed by atoms with van der Waals surface area (Å²) >= 11 is 0. The topological polar surface area (TPSA) is 14.8 Å². The van der Waals surface area contributed by atoms with Crippen molar-refractivity contribution in [3.8, 4) is 28.2 Å². The van der Waals surface area contributed by atoms with E-state index in [1.165, 1.54) is 104 Å². The molecule has 3 heterocycles. The van der Waals surface area contributed by atoms with E-state index < -0.39 is 0 Å². The third-order valence-corrected chi connectivity index (χ3v) is 12.6. The maximum Gasteiger partial charge on any atom is 0.0625 e. The average Bonchev–Trinajstić information content (AvgIpc) is 3.93. The van der Waals surface area contributed by atoms with Gasteiger partial charge < -0.3 is 13.7 Å². The van der Waals surface area contributed by atoms with Gasteiger partial charge in [-0.25, -0.2) is 0 Å². The molecule has 0 unspecified atom stereocenters. The summed E-state index contributed by atoms with van der Waals surface area (Å²) in [6, 6.07) is 78.1. The fraction of sp³-hybridized carbons (Fsp3) is 0. The molecule has 3 nitrogen and oxygen atoms in total. The van der Waals surface area contributed by atoms with Crippen molar-refractivity contribution in [3.05, 3.63) is 212 Å². The second kappa shape index (κ2) is 12.3. The lowest BCUT2D eigenvalue weighted by Crippen LogP contribution is -1.97. The third-order valence-electron chi connectivity index (χ3n) is 12.6. The van der Waals surface area contributed by atoms with Crippen molar-refractivity contribution in [3.63, 3.8) is 0 Å². The van der Waals surface area contributed by atoms with E-state index in [4.69, 9.17) is 0 Å². The molecule has 0 bridgehead atoms. The highest BCUT2D eigenvalue weighted by Crippen LogP contribution is 2.45. The summed E-state index contributed by atoms with van der Waals surface area (Å²) in [5, 5.41) is 12.4. The Balaban J connectivity index is 1.12. The molecule has 0 N–H and O–H groups in total. The van der Waals surface area contributed by atoms with Crippen molar-refractivity contribution >= 4 is 87.0 Å². The van der Waals surface area contributed by atoms with Crippen LogP contribution in [-0.2, 0) is 0 Å². The van der Waals surface area contributed by atoms with Gasteiger partial charge in [-0.15, -0.1) is 0 Å². The van der Waals surface area contributed by atoms with Gasteiger partial charge in [0.25, 0.3) is 0 Å². The van der Waals surface area contributed by atoms with Crippen LogP contribution in [0, 0.1) is 0 Å². The van der Waals surface area contributed by atoms with Crippen LogP contribution < -0.4 is 0 Å². The van der Waals surface area contributed by atoms with Gasteiger partial charge >= 0.3 is 0 Å². The van der Waals surface area contributed by atoms with Gasteiger partial charge in [0, 0.05) is 54.9 Å². The quantitative estimate of drug-likeness (QED) is 0.170. The number of rotatable bonds is 4. The van der Waals surface area contributed by atoms with E-state index in [1.54, 1.807) is 0 Å². The van der Waals surface area contributed by atoms with Crippen molar-refractivity contribution < 1.29 is 0 Å². The fourth-order valence-corrected chi connectivity index (χ4v) is 10.0. The molecule has 0 fully saturated rings. The first-order chi connectivity index (χ1) is 29.3. The van der Waals surface area contributed by atoms with Gasteiger partial charge in [0.15, 0.2) is 0 Å². The van der Waals surface area contributed by atoms with E-state index in [1.807, 2.05) is 0 Å². The zero-order valence-corrected chi connectivity index (χ0v) is 32.0. The summed E-state index contributed by atoms with van der Waals surface area (Å²) in [6.07, 6.45) is 0. The molecule has 0 aliphatic rings. The first-order valence-corrected chi connectivity index (χ1v) is 20.4. The Bertz CT molecular complexity index is 3840. The molecule has 0 aliphatic heterocycles. The van der Waals surface area contributed by atoms with Gasteiger partial charge in [0.05, 0.1) is 33.1 Å². The minimum atomic E-state index is 1.14. The van der Waals surface area contributed by atoms with Crippen LogP contribution in [0.15, 0.2) is 212 Å². The molecular weight excluding hydrogens is 715 g/mol. The molecule has 13 rings (SSSR count). The van der Waals surface area contributed by atoms with Crippen LogP contribution in [-0.4, -0.2) is 13.7 Å². The third kappa shape index (κ3) is 4.64. The number of hydrogen-bond donors (Lipinski definition) is 0. The van der Waals surface area contributed by atoms with Crippen molar-refractivity contribution in [2.75, 3.05) is 0 Å². The van der Waals surface area contributed by atoms with Crippen LogP contribution in [0.4, 0.5) is 0 Å². The second-order valence-corrected chi connectivity index (χ2v) is 15.7. The van der Waals surface area contributed by atoms with Crippen LogP contribution in [0.2, 0.25) is 0 Å². The minimum absolute atomic E-state index is 1.14. The first kappa shape index (κ1) is 32.2. The van der Waals surface area contributed by atoms with Crippen LogP contribution >= 0.6 is 0 Å². The van der Waals surface area contributed by atoms with Gasteiger partial charge in [-0.05, 0) is 106 Å². The normalized spacial score (nSPS) is 12.1. The maximum atomic E-state index is 2.52. The lowest BCUT2D eigenvalue weighted by Gasteiger charge is -2.15. The summed E-state index contributed by atoms with van der Waals surface area (Å²) in [7, 11) is 0. The molecule has 3 aromatic heterocycles. The molecule has 0 spiro atoms. The lowest BCUT2D eigenvalue weighted by atomic mass is 9.93.